The SMILES string of the molecule is Cc1ccc(O)c(Br)c1.Cc1ccc(OCc2ccccc2)c(Br)c1. The molecule has 0 fully saturated rings. The van der Waals surface area contributed by atoms with E-state index in [4.69, 9.17) is 9.84 Å². The van der Waals surface area contributed by atoms with Crippen LogP contribution < -0.4 is 4.74 Å². The van der Waals surface area contributed by atoms with Crippen LogP contribution in [0.2, 0.25) is 0 Å². The molecule has 130 valence electrons. The molecule has 0 radical (unpaired) electrons. The molecule has 0 spiro atoms. The molecular formula is C21H20Br2O2. The summed E-state index contributed by atoms with van der Waals surface area (Å²) < 4.78 is 7.49. The van der Waals surface area contributed by atoms with E-state index in [1.165, 1.54) is 11.1 Å². The predicted octanol–water partition coefficient (Wildman–Crippen LogP) is 6.80. The van der Waals surface area contributed by atoms with Crippen LogP contribution in [0, 0.1) is 13.8 Å². The van der Waals surface area contributed by atoms with E-state index in [0.717, 1.165) is 20.3 Å². The van der Waals surface area contributed by atoms with E-state index in [-0.39, 0.29) is 0 Å². The lowest BCUT2D eigenvalue weighted by Gasteiger charge is -2.08. The summed E-state index contributed by atoms with van der Waals surface area (Å²) in [6.07, 6.45) is 0. The zero-order valence-corrected chi connectivity index (χ0v) is 17.3. The van der Waals surface area contributed by atoms with Gasteiger partial charge in [0.05, 0.1) is 8.95 Å². The van der Waals surface area contributed by atoms with E-state index < -0.39 is 0 Å². The summed E-state index contributed by atoms with van der Waals surface area (Å²) in [4.78, 5) is 0. The molecule has 0 saturated carbocycles. The molecule has 0 aromatic heterocycles. The van der Waals surface area contributed by atoms with Crippen molar-refractivity contribution in [3.8, 4) is 11.5 Å². The van der Waals surface area contributed by atoms with Crippen LogP contribution >= 0.6 is 31.9 Å². The first-order chi connectivity index (χ1) is 12.0. The number of benzene rings is 3. The predicted molar refractivity (Wildman–Crippen MR) is 110 cm³/mol. The highest BCUT2D eigenvalue weighted by Crippen LogP contribution is 2.26. The minimum Gasteiger partial charge on any atom is -0.507 e. The molecule has 25 heavy (non-hydrogen) atoms. The fourth-order valence-corrected chi connectivity index (χ4v) is 3.17. The largest absolute Gasteiger partial charge is 0.507 e. The molecule has 0 bridgehead atoms. The smallest absolute Gasteiger partial charge is 0.134 e. The minimum atomic E-state index is 0.292. The molecule has 0 aliphatic carbocycles. The van der Waals surface area contributed by atoms with Crippen molar-refractivity contribution in [1.29, 1.82) is 0 Å². The highest BCUT2D eigenvalue weighted by molar-refractivity contribution is 9.10. The molecule has 0 heterocycles. The third-order valence-corrected chi connectivity index (χ3v) is 4.68. The molecule has 0 unspecified atom stereocenters. The van der Waals surface area contributed by atoms with Gasteiger partial charge in [-0.15, -0.1) is 0 Å². The molecule has 3 aromatic carbocycles. The Labute approximate surface area is 165 Å². The fraction of sp³-hybridized carbons (Fsp3) is 0.143. The third kappa shape index (κ3) is 6.56. The van der Waals surface area contributed by atoms with Gasteiger partial charge in [-0.25, -0.2) is 0 Å². The molecule has 1 N–H and O–H groups in total. The van der Waals surface area contributed by atoms with Crippen LogP contribution in [0.3, 0.4) is 0 Å². The Morgan fingerprint density at radius 1 is 0.800 bits per heavy atom. The maximum absolute atomic E-state index is 9.00. The van der Waals surface area contributed by atoms with Gasteiger partial charge in [0, 0.05) is 0 Å². The number of phenolic OH excluding ortho intramolecular Hbond substituents is 1. The number of halogens is 2. The van der Waals surface area contributed by atoms with E-state index >= 15 is 0 Å². The summed E-state index contributed by atoms with van der Waals surface area (Å²) in [5.41, 5.74) is 3.54. The topological polar surface area (TPSA) is 29.5 Å². The monoisotopic (exact) mass is 462 g/mol. The normalized spacial score (nSPS) is 9.92. The number of hydrogen-bond acceptors (Lipinski definition) is 2. The van der Waals surface area contributed by atoms with Crippen molar-refractivity contribution in [2.45, 2.75) is 20.5 Å². The van der Waals surface area contributed by atoms with Gasteiger partial charge in [-0.1, -0.05) is 42.5 Å². The second kappa shape index (κ2) is 9.64. The van der Waals surface area contributed by atoms with Crippen LogP contribution in [0.5, 0.6) is 11.5 Å². The summed E-state index contributed by atoms with van der Waals surface area (Å²) in [7, 11) is 0. The highest BCUT2D eigenvalue weighted by atomic mass is 79.9. The number of hydrogen-bond donors (Lipinski definition) is 1. The average molecular weight is 464 g/mol. The second-order valence-corrected chi connectivity index (χ2v) is 7.37. The van der Waals surface area contributed by atoms with Crippen molar-refractivity contribution in [2.75, 3.05) is 0 Å². The summed E-state index contributed by atoms with van der Waals surface area (Å²) in [5, 5.41) is 9.00. The lowest BCUT2D eigenvalue weighted by atomic mass is 10.2. The molecule has 0 amide bonds. The van der Waals surface area contributed by atoms with Crippen molar-refractivity contribution in [2.24, 2.45) is 0 Å². The van der Waals surface area contributed by atoms with Crippen molar-refractivity contribution < 1.29 is 9.84 Å². The summed E-state index contributed by atoms with van der Waals surface area (Å²) >= 11 is 6.69. The van der Waals surface area contributed by atoms with Gasteiger partial charge in [-0.05, 0) is 86.7 Å². The van der Waals surface area contributed by atoms with Gasteiger partial charge < -0.3 is 9.84 Å². The van der Waals surface area contributed by atoms with E-state index in [9.17, 15) is 0 Å². The number of ether oxygens (including phenoxy) is 1. The molecule has 0 aliphatic heterocycles. The Bertz CT molecular complexity index is 817. The fourth-order valence-electron chi connectivity index (χ4n) is 2.07. The van der Waals surface area contributed by atoms with E-state index in [1.54, 1.807) is 6.07 Å². The van der Waals surface area contributed by atoms with Gasteiger partial charge in [-0.3, -0.25) is 0 Å². The summed E-state index contributed by atoms with van der Waals surface area (Å²) in [6.45, 7) is 4.64. The van der Waals surface area contributed by atoms with Gasteiger partial charge in [0.15, 0.2) is 0 Å². The molecule has 0 aliphatic rings. The van der Waals surface area contributed by atoms with Crippen LogP contribution in [0.4, 0.5) is 0 Å². The van der Waals surface area contributed by atoms with Gasteiger partial charge >= 0.3 is 0 Å². The molecule has 4 heteroatoms. The first-order valence-electron chi connectivity index (χ1n) is 7.83. The van der Waals surface area contributed by atoms with E-state index in [1.807, 2.05) is 49.4 Å². The van der Waals surface area contributed by atoms with Crippen molar-refractivity contribution in [3.05, 3.63) is 92.4 Å². The maximum atomic E-state index is 9.00. The number of aryl methyl sites for hydroxylation is 2. The Hall–Kier alpha value is -1.78. The molecular weight excluding hydrogens is 444 g/mol. The van der Waals surface area contributed by atoms with Gasteiger partial charge in [0.2, 0.25) is 0 Å². The average Bonchev–Trinajstić information content (AvgIpc) is 2.59. The van der Waals surface area contributed by atoms with Crippen LogP contribution in [0.1, 0.15) is 16.7 Å². The number of phenols is 1. The Morgan fingerprint density at radius 3 is 1.96 bits per heavy atom. The van der Waals surface area contributed by atoms with E-state index in [0.29, 0.717) is 12.4 Å². The van der Waals surface area contributed by atoms with Crippen molar-refractivity contribution in [1.82, 2.24) is 0 Å². The van der Waals surface area contributed by atoms with Gasteiger partial charge in [0.1, 0.15) is 18.1 Å². The van der Waals surface area contributed by atoms with Crippen LogP contribution in [0.15, 0.2) is 75.7 Å². The second-order valence-electron chi connectivity index (χ2n) is 5.66. The molecule has 2 nitrogen and oxygen atoms in total. The maximum Gasteiger partial charge on any atom is 0.134 e. The summed E-state index contributed by atoms with van der Waals surface area (Å²) in [5.74, 6) is 1.18. The molecule has 0 atom stereocenters. The van der Waals surface area contributed by atoms with Crippen LogP contribution in [-0.2, 0) is 6.61 Å². The Balaban J connectivity index is 0.000000212. The number of aromatic hydroxyl groups is 1. The lowest BCUT2D eigenvalue weighted by Crippen LogP contribution is -1.95. The van der Waals surface area contributed by atoms with Crippen LogP contribution in [0.25, 0.3) is 0 Å². The quantitative estimate of drug-likeness (QED) is 0.462. The first-order valence-corrected chi connectivity index (χ1v) is 9.42. The van der Waals surface area contributed by atoms with Crippen molar-refractivity contribution in [3.63, 3.8) is 0 Å². The summed E-state index contributed by atoms with van der Waals surface area (Å²) in [6, 6.07) is 21.6. The van der Waals surface area contributed by atoms with Crippen molar-refractivity contribution >= 4 is 31.9 Å². The Kier molecular flexibility index (Phi) is 7.53. The number of rotatable bonds is 3. The zero-order chi connectivity index (χ0) is 18.2. The molecule has 3 rings (SSSR count). The minimum absolute atomic E-state index is 0.292. The van der Waals surface area contributed by atoms with Crippen LogP contribution in [-0.4, -0.2) is 5.11 Å². The first kappa shape index (κ1) is 19.5. The molecule has 3 aromatic rings. The third-order valence-electron chi connectivity index (χ3n) is 3.43. The Morgan fingerprint density at radius 2 is 1.40 bits per heavy atom. The van der Waals surface area contributed by atoms with Gasteiger partial charge in [-0.2, -0.15) is 0 Å². The standard InChI is InChI=1S/C14H13BrO.C7H7BrO/c1-11-7-8-14(13(15)9-11)16-10-12-5-3-2-4-6-12;1-5-2-3-7(9)6(8)4-5/h2-9H,10H2,1H3;2-4,9H,1H3. The lowest BCUT2D eigenvalue weighted by molar-refractivity contribution is 0.304. The molecule has 0 saturated heterocycles. The van der Waals surface area contributed by atoms with E-state index in [2.05, 4.69) is 57.0 Å². The zero-order valence-electron chi connectivity index (χ0n) is 14.2. The highest BCUT2D eigenvalue weighted by Gasteiger charge is 2.01. The van der Waals surface area contributed by atoms with Gasteiger partial charge in [0.25, 0.3) is 0 Å².